The van der Waals surface area contributed by atoms with E-state index in [1.165, 1.54) is 12.3 Å². The second-order valence-electron chi connectivity index (χ2n) is 9.06. The fourth-order valence-electron chi connectivity index (χ4n) is 3.68. The summed E-state index contributed by atoms with van der Waals surface area (Å²) < 4.78 is 17.7. The number of hydrazone groups is 1. The summed E-state index contributed by atoms with van der Waals surface area (Å²) in [6.45, 7) is 4.22. The van der Waals surface area contributed by atoms with Crippen molar-refractivity contribution in [3.8, 4) is 17.2 Å². The summed E-state index contributed by atoms with van der Waals surface area (Å²) in [5, 5.41) is 7.59. The third-order valence-electron chi connectivity index (χ3n) is 5.87. The first-order valence-corrected chi connectivity index (χ1v) is 14.6. The van der Waals surface area contributed by atoms with Crippen molar-refractivity contribution in [2.45, 2.75) is 45.3 Å². The highest BCUT2D eigenvalue weighted by Gasteiger charge is 2.25. The van der Waals surface area contributed by atoms with Crippen LogP contribution in [0.3, 0.4) is 0 Å². The normalized spacial score (nSPS) is 12.4. The first-order valence-electron chi connectivity index (χ1n) is 13.0. The van der Waals surface area contributed by atoms with Gasteiger partial charge in [-0.15, -0.1) is 0 Å². The molecule has 8 nitrogen and oxygen atoms in total. The molecule has 0 aliphatic carbocycles. The molecule has 0 spiro atoms. The fourth-order valence-corrected chi connectivity index (χ4v) is 4.71. The van der Waals surface area contributed by atoms with Gasteiger partial charge in [0.25, 0.3) is 11.8 Å². The molecule has 3 aromatic rings. The maximum absolute atomic E-state index is 13.2. The minimum atomic E-state index is -0.939. The first kappa shape index (κ1) is 32.2. The van der Waals surface area contributed by atoms with Crippen LogP contribution >= 0.6 is 39.1 Å². The number of hydrogen-bond acceptors (Lipinski definition) is 6. The number of benzene rings is 3. The lowest BCUT2D eigenvalue weighted by molar-refractivity contribution is -0.132. The molecule has 0 radical (unpaired) electrons. The third-order valence-corrected chi connectivity index (χ3v) is 6.99. The molecule has 41 heavy (non-hydrogen) atoms. The SMILES string of the molecule is CCCCOc1c(Br)cc(/C=N\NC(=O)[C@H](Cc2ccccc2)NC(=O)[C@@H](C)Oc2ccc(Cl)cc2Cl)cc1OC. The lowest BCUT2D eigenvalue weighted by atomic mass is 10.1. The molecule has 0 saturated carbocycles. The molecule has 3 aromatic carbocycles. The summed E-state index contributed by atoms with van der Waals surface area (Å²) in [5.41, 5.74) is 4.05. The van der Waals surface area contributed by atoms with Crippen molar-refractivity contribution in [1.29, 1.82) is 0 Å². The average Bonchev–Trinajstić information content (AvgIpc) is 2.95. The molecule has 218 valence electrons. The Bertz CT molecular complexity index is 1360. The highest BCUT2D eigenvalue weighted by atomic mass is 79.9. The van der Waals surface area contributed by atoms with Gasteiger partial charge in [0, 0.05) is 11.4 Å². The molecular formula is C30H32BrCl2N3O5. The number of halogens is 3. The van der Waals surface area contributed by atoms with Crippen molar-refractivity contribution in [3.63, 3.8) is 0 Å². The Balaban J connectivity index is 1.70. The molecule has 0 saturated heterocycles. The topological polar surface area (TPSA) is 98.2 Å². The molecule has 11 heteroatoms. The Morgan fingerprint density at radius 1 is 1.05 bits per heavy atom. The summed E-state index contributed by atoms with van der Waals surface area (Å²) in [4.78, 5) is 26.2. The summed E-state index contributed by atoms with van der Waals surface area (Å²) in [7, 11) is 1.56. The van der Waals surface area contributed by atoms with Crippen molar-refractivity contribution in [2.24, 2.45) is 5.10 Å². The second-order valence-corrected chi connectivity index (χ2v) is 10.8. The average molecular weight is 665 g/mol. The lowest BCUT2D eigenvalue weighted by Crippen LogP contribution is -2.50. The number of carbonyl (C=O) groups is 2. The lowest BCUT2D eigenvalue weighted by Gasteiger charge is -2.21. The van der Waals surface area contributed by atoms with Crippen LogP contribution in [0.25, 0.3) is 0 Å². The molecular weight excluding hydrogens is 633 g/mol. The largest absolute Gasteiger partial charge is 0.493 e. The zero-order chi connectivity index (χ0) is 29.8. The fraction of sp³-hybridized carbons (Fsp3) is 0.300. The van der Waals surface area contributed by atoms with E-state index < -0.39 is 24.0 Å². The van der Waals surface area contributed by atoms with Gasteiger partial charge in [-0.1, -0.05) is 66.9 Å². The number of rotatable bonds is 14. The van der Waals surface area contributed by atoms with Gasteiger partial charge >= 0.3 is 0 Å². The molecule has 3 rings (SSSR count). The zero-order valence-electron chi connectivity index (χ0n) is 23.0. The Morgan fingerprint density at radius 3 is 2.49 bits per heavy atom. The third kappa shape index (κ3) is 9.95. The van der Waals surface area contributed by atoms with Crippen LogP contribution in [0.2, 0.25) is 10.0 Å². The Hall–Kier alpha value is -3.27. The van der Waals surface area contributed by atoms with E-state index in [1.54, 1.807) is 32.2 Å². The molecule has 0 bridgehead atoms. The molecule has 0 heterocycles. The van der Waals surface area contributed by atoms with Gasteiger partial charge in [-0.3, -0.25) is 9.59 Å². The highest BCUT2D eigenvalue weighted by Crippen LogP contribution is 2.36. The van der Waals surface area contributed by atoms with Gasteiger partial charge in [-0.05, 0) is 70.7 Å². The second kappa shape index (κ2) is 16.2. The van der Waals surface area contributed by atoms with Gasteiger partial charge in [0.1, 0.15) is 11.8 Å². The maximum atomic E-state index is 13.2. The molecule has 0 fully saturated rings. The van der Waals surface area contributed by atoms with E-state index in [2.05, 4.69) is 38.7 Å². The summed E-state index contributed by atoms with van der Waals surface area (Å²) >= 11 is 15.6. The van der Waals surface area contributed by atoms with Gasteiger partial charge in [-0.2, -0.15) is 5.10 Å². The number of nitrogens with zero attached hydrogens (tertiary/aromatic N) is 1. The molecule has 2 atom stereocenters. The van der Waals surface area contributed by atoms with Crippen molar-refractivity contribution in [2.75, 3.05) is 13.7 Å². The molecule has 0 aromatic heterocycles. The zero-order valence-corrected chi connectivity index (χ0v) is 26.1. The van der Waals surface area contributed by atoms with E-state index in [0.717, 1.165) is 18.4 Å². The number of unbranched alkanes of at least 4 members (excludes halogenated alkanes) is 1. The predicted octanol–water partition coefficient (Wildman–Crippen LogP) is 6.59. The Kier molecular flexibility index (Phi) is 12.8. The molecule has 2 amide bonds. The Labute approximate surface area is 258 Å². The van der Waals surface area contributed by atoms with E-state index in [0.29, 0.717) is 38.9 Å². The van der Waals surface area contributed by atoms with Crippen LogP contribution in [0.1, 0.15) is 37.8 Å². The number of carbonyl (C=O) groups excluding carboxylic acids is 2. The van der Waals surface area contributed by atoms with Crippen LogP contribution in [0.15, 0.2) is 70.2 Å². The summed E-state index contributed by atoms with van der Waals surface area (Å²) in [6, 6.07) is 16.7. The predicted molar refractivity (Wildman–Crippen MR) is 165 cm³/mol. The minimum Gasteiger partial charge on any atom is -0.493 e. The van der Waals surface area contributed by atoms with Crippen LogP contribution < -0.4 is 25.0 Å². The van der Waals surface area contributed by atoms with Crippen molar-refractivity contribution < 1.29 is 23.8 Å². The standard InChI is InChI=1S/C30H32BrCl2N3O5/c1-4-5-13-40-28-23(31)14-21(16-27(28)39-3)18-34-36-30(38)25(15-20-9-7-6-8-10-20)35-29(37)19(2)41-26-12-11-22(32)17-24(26)33/h6-12,14,16-19,25H,4-5,13,15H2,1-3H3,(H,35,37)(H,36,38)/b34-18-/t19-,25+/m1/s1. The van der Waals surface area contributed by atoms with E-state index in [1.807, 2.05) is 36.4 Å². The van der Waals surface area contributed by atoms with Gasteiger partial charge in [-0.25, -0.2) is 5.43 Å². The van der Waals surface area contributed by atoms with E-state index in [4.69, 9.17) is 37.4 Å². The van der Waals surface area contributed by atoms with Crippen LogP contribution in [0.4, 0.5) is 0 Å². The number of amides is 2. The van der Waals surface area contributed by atoms with Crippen LogP contribution in [-0.2, 0) is 16.0 Å². The first-order chi connectivity index (χ1) is 19.7. The van der Waals surface area contributed by atoms with Crippen molar-refractivity contribution in [1.82, 2.24) is 10.7 Å². The van der Waals surface area contributed by atoms with E-state index >= 15 is 0 Å². The summed E-state index contributed by atoms with van der Waals surface area (Å²) in [5.74, 6) is 0.441. The molecule has 0 unspecified atom stereocenters. The summed E-state index contributed by atoms with van der Waals surface area (Å²) in [6.07, 6.45) is 2.72. The van der Waals surface area contributed by atoms with Crippen LogP contribution in [-0.4, -0.2) is 43.9 Å². The smallest absolute Gasteiger partial charge is 0.262 e. The quantitative estimate of drug-likeness (QED) is 0.115. The number of ether oxygens (including phenoxy) is 3. The van der Waals surface area contributed by atoms with Crippen molar-refractivity contribution >= 4 is 57.2 Å². The number of methoxy groups -OCH3 is 1. The molecule has 0 aliphatic rings. The highest BCUT2D eigenvalue weighted by molar-refractivity contribution is 9.10. The molecule has 2 N–H and O–H groups in total. The van der Waals surface area contributed by atoms with E-state index in [-0.39, 0.29) is 11.4 Å². The monoisotopic (exact) mass is 663 g/mol. The van der Waals surface area contributed by atoms with Gasteiger partial charge < -0.3 is 19.5 Å². The van der Waals surface area contributed by atoms with Gasteiger partial charge in [0.05, 0.1) is 29.4 Å². The van der Waals surface area contributed by atoms with Gasteiger partial charge in [0.2, 0.25) is 0 Å². The maximum Gasteiger partial charge on any atom is 0.262 e. The van der Waals surface area contributed by atoms with Crippen molar-refractivity contribution in [3.05, 3.63) is 86.3 Å². The van der Waals surface area contributed by atoms with Crippen LogP contribution in [0.5, 0.6) is 17.2 Å². The number of hydrogen-bond donors (Lipinski definition) is 2. The molecule has 0 aliphatic heterocycles. The Morgan fingerprint density at radius 2 is 1.80 bits per heavy atom. The number of nitrogens with one attached hydrogen (secondary N) is 2. The van der Waals surface area contributed by atoms with E-state index in [9.17, 15) is 9.59 Å². The minimum absolute atomic E-state index is 0.242. The van der Waals surface area contributed by atoms with Crippen LogP contribution in [0, 0.1) is 0 Å². The van der Waals surface area contributed by atoms with Gasteiger partial charge in [0.15, 0.2) is 17.6 Å².